The van der Waals surface area contributed by atoms with E-state index in [0.29, 0.717) is 36.1 Å². The number of hydrogen-bond donors (Lipinski definition) is 2. The van der Waals surface area contributed by atoms with Gasteiger partial charge in [-0.1, -0.05) is 20.8 Å². The van der Waals surface area contributed by atoms with Gasteiger partial charge in [-0.2, -0.15) is 11.8 Å². The van der Waals surface area contributed by atoms with Gasteiger partial charge in [0.15, 0.2) is 11.5 Å². The lowest BCUT2D eigenvalue weighted by molar-refractivity contribution is -0.0223. The Kier molecular flexibility index (Phi) is 4.79. The molecule has 6 heteroatoms. The molecule has 3 rings (SSSR count). The molecule has 0 radical (unpaired) electrons. The van der Waals surface area contributed by atoms with Crippen molar-refractivity contribution >= 4 is 23.5 Å². The van der Waals surface area contributed by atoms with Crippen LogP contribution in [-0.4, -0.2) is 39.9 Å². The van der Waals surface area contributed by atoms with Gasteiger partial charge >= 0.3 is 0 Å². The molecule has 1 fully saturated rings. The van der Waals surface area contributed by atoms with Gasteiger partial charge in [-0.15, -0.1) is 0 Å². The Morgan fingerprint density at radius 1 is 1.40 bits per heavy atom. The first-order valence-corrected chi connectivity index (χ1v) is 9.99. The van der Waals surface area contributed by atoms with Crippen LogP contribution in [0.1, 0.15) is 72.3 Å². The Balaban J connectivity index is 1.73. The van der Waals surface area contributed by atoms with E-state index < -0.39 is 5.60 Å². The molecule has 0 saturated heterocycles. The van der Waals surface area contributed by atoms with Gasteiger partial charge in [0, 0.05) is 30.2 Å². The van der Waals surface area contributed by atoms with Crippen molar-refractivity contribution < 1.29 is 19.1 Å². The SMILES string of the molecule is CCS[C@H]1CC[C@]1(O)CNC(=O)c1oc2c(c1C)C(=O)CC(C)(C)C2. The van der Waals surface area contributed by atoms with Crippen LogP contribution in [0.5, 0.6) is 0 Å². The number of nitrogens with one attached hydrogen (secondary N) is 1. The largest absolute Gasteiger partial charge is 0.455 e. The fourth-order valence-electron chi connectivity index (χ4n) is 3.85. The highest BCUT2D eigenvalue weighted by Gasteiger charge is 2.45. The molecule has 0 bridgehead atoms. The van der Waals surface area contributed by atoms with Crippen molar-refractivity contribution in [2.45, 2.75) is 64.2 Å². The van der Waals surface area contributed by atoms with Crippen molar-refractivity contribution in [3.8, 4) is 0 Å². The molecule has 138 valence electrons. The standard InChI is InChI=1S/C19H27NO4S/c1-5-25-14-6-7-19(14,23)10-20-17(22)16-11(2)15-12(21)8-18(3,4)9-13(15)24-16/h14,23H,5-10H2,1-4H3,(H,20,22)/t14-,19-/m0/s1. The summed E-state index contributed by atoms with van der Waals surface area (Å²) in [6.45, 7) is 8.11. The summed E-state index contributed by atoms with van der Waals surface area (Å²) in [6, 6.07) is 0. The second-order valence-corrected chi connectivity index (χ2v) is 9.54. The molecule has 2 aliphatic carbocycles. The minimum Gasteiger partial charge on any atom is -0.455 e. The van der Waals surface area contributed by atoms with Crippen LogP contribution in [0, 0.1) is 12.3 Å². The van der Waals surface area contributed by atoms with Crippen LogP contribution < -0.4 is 5.32 Å². The van der Waals surface area contributed by atoms with Gasteiger partial charge < -0.3 is 14.8 Å². The van der Waals surface area contributed by atoms with Crippen molar-refractivity contribution in [2.75, 3.05) is 12.3 Å². The van der Waals surface area contributed by atoms with E-state index >= 15 is 0 Å². The minimum atomic E-state index is -0.839. The van der Waals surface area contributed by atoms with E-state index in [2.05, 4.69) is 12.2 Å². The van der Waals surface area contributed by atoms with Gasteiger partial charge in [-0.25, -0.2) is 0 Å². The Bertz CT molecular complexity index is 709. The van der Waals surface area contributed by atoms with E-state index in [4.69, 9.17) is 4.42 Å². The van der Waals surface area contributed by atoms with Crippen molar-refractivity contribution in [1.82, 2.24) is 5.32 Å². The normalized spacial score (nSPS) is 27.6. The zero-order valence-corrected chi connectivity index (χ0v) is 16.2. The zero-order valence-electron chi connectivity index (χ0n) is 15.4. The second-order valence-electron chi connectivity index (χ2n) is 8.06. The van der Waals surface area contributed by atoms with Gasteiger partial charge in [0.25, 0.3) is 5.91 Å². The molecular formula is C19H27NO4S. The number of Topliss-reactive ketones (excluding diaryl/α,β-unsaturated/α-hetero) is 1. The van der Waals surface area contributed by atoms with E-state index in [-0.39, 0.29) is 34.7 Å². The monoisotopic (exact) mass is 365 g/mol. The van der Waals surface area contributed by atoms with Gasteiger partial charge in [-0.3, -0.25) is 9.59 Å². The number of carbonyl (C=O) groups is 2. The molecule has 25 heavy (non-hydrogen) atoms. The molecule has 0 aliphatic heterocycles. The van der Waals surface area contributed by atoms with E-state index in [1.807, 2.05) is 13.8 Å². The molecule has 1 heterocycles. The zero-order chi connectivity index (χ0) is 18.4. The van der Waals surface area contributed by atoms with E-state index in [1.54, 1.807) is 18.7 Å². The van der Waals surface area contributed by atoms with Crippen molar-refractivity contribution in [3.63, 3.8) is 0 Å². The number of fused-ring (bicyclic) bond motifs is 1. The van der Waals surface area contributed by atoms with Gasteiger partial charge in [0.2, 0.25) is 0 Å². The number of amides is 1. The summed E-state index contributed by atoms with van der Waals surface area (Å²) < 4.78 is 5.78. The first-order valence-electron chi connectivity index (χ1n) is 8.94. The molecule has 5 nitrogen and oxygen atoms in total. The summed E-state index contributed by atoms with van der Waals surface area (Å²) in [6.07, 6.45) is 2.80. The van der Waals surface area contributed by atoms with Gasteiger partial charge in [-0.05, 0) is 30.9 Å². The van der Waals surface area contributed by atoms with Crippen LogP contribution in [0.3, 0.4) is 0 Å². The summed E-state index contributed by atoms with van der Waals surface area (Å²) in [5.41, 5.74) is 0.210. The van der Waals surface area contributed by atoms with Crippen LogP contribution in [0.4, 0.5) is 0 Å². The summed E-state index contributed by atoms with van der Waals surface area (Å²) in [4.78, 5) is 25.0. The molecule has 0 spiro atoms. The number of thioether (sulfide) groups is 1. The van der Waals surface area contributed by atoms with Crippen molar-refractivity contribution in [1.29, 1.82) is 0 Å². The van der Waals surface area contributed by atoms with Crippen LogP contribution in [0.15, 0.2) is 4.42 Å². The highest BCUT2D eigenvalue weighted by Crippen LogP contribution is 2.41. The third-order valence-electron chi connectivity index (χ3n) is 5.34. The number of carbonyl (C=O) groups excluding carboxylic acids is 2. The number of furan rings is 1. The molecule has 2 N–H and O–H groups in total. The highest BCUT2D eigenvalue weighted by molar-refractivity contribution is 8.00. The second kappa shape index (κ2) is 6.47. The van der Waals surface area contributed by atoms with Crippen molar-refractivity contribution in [3.05, 3.63) is 22.6 Å². The predicted octanol–water partition coefficient (Wildman–Crippen LogP) is 3.12. The number of aliphatic hydroxyl groups is 1. The van der Waals surface area contributed by atoms with Gasteiger partial charge in [0.1, 0.15) is 5.76 Å². The fourth-order valence-corrected chi connectivity index (χ4v) is 5.05. The molecule has 0 unspecified atom stereocenters. The Morgan fingerprint density at radius 3 is 2.72 bits per heavy atom. The van der Waals surface area contributed by atoms with Crippen molar-refractivity contribution in [2.24, 2.45) is 5.41 Å². The molecule has 1 saturated carbocycles. The molecular weight excluding hydrogens is 338 g/mol. The van der Waals surface area contributed by atoms with Crippen LogP contribution in [-0.2, 0) is 6.42 Å². The third kappa shape index (κ3) is 3.38. The van der Waals surface area contributed by atoms with Crippen LogP contribution >= 0.6 is 11.8 Å². The van der Waals surface area contributed by atoms with Gasteiger partial charge in [0.05, 0.1) is 11.2 Å². The maximum Gasteiger partial charge on any atom is 0.287 e. The summed E-state index contributed by atoms with van der Waals surface area (Å²) in [5, 5.41) is 13.6. The fraction of sp³-hybridized carbons (Fsp3) is 0.684. The van der Waals surface area contributed by atoms with E-state index in [0.717, 1.165) is 12.2 Å². The topological polar surface area (TPSA) is 79.5 Å². The molecule has 2 atom stereocenters. The summed E-state index contributed by atoms with van der Waals surface area (Å²) in [7, 11) is 0. The lowest BCUT2D eigenvalue weighted by Gasteiger charge is -2.44. The number of hydrogen-bond acceptors (Lipinski definition) is 5. The van der Waals surface area contributed by atoms with Crippen LogP contribution in [0.25, 0.3) is 0 Å². The Morgan fingerprint density at radius 2 is 2.12 bits per heavy atom. The maximum atomic E-state index is 12.6. The number of rotatable bonds is 5. The van der Waals surface area contributed by atoms with Crippen LogP contribution in [0.2, 0.25) is 0 Å². The van der Waals surface area contributed by atoms with E-state index in [9.17, 15) is 14.7 Å². The first-order chi connectivity index (χ1) is 11.7. The highest BCUT2D eigenvalue weighted by atomic mass is 32.2. The molecule has 1 aromatic rings. The quantitative estimate of drug-likeness (QED) is 0.838. The molecule has 1 amide bonds. The molecule has 0 aromatic carbocycles. The lowest BCUT2D eigenvalue weighted by atomic mass is 9.76. The Hall–Kier alpha value is -1.27. The number of ketones is 1. The Labute approximate surface area is 152 Å². The third-order valence-corrected chi connectivity index (χ3v) is 6.75. The summed E-state index contributed by atoms with van der Waals surface area (Å²) >= 11 is 1.73. The smallest absolute Gasteiger partial charge is 0.287 e. The molecule has 2 aliphatic rings. The average Bonchev–Trinajstić information content (AvgIpc) is 2.84. The minimum absolute atomic E-state index is 0.0450. The first kappa shape index (κ1) is 18.5. The molecule has 1 aromatic heterocycles. The van der Waals surface area contributed by atoms with E-state index in [1.165, 1.54) is 0 Å². The average molecular weight is 365 g/mol. The lowest BCUT2D eigenvalue weighted by Crippen LogP contribution is -2.57. The summed E-state index contributed by atoms with van der Waals surface area (Å²) in [5.74, 6) is 1.47. The predicted molar refractivity (Wildman–Crippen MR) is 98.3 cm³/mol. The maximum absolute atomic E-state index is 12.6.